The van der Waals surface area contributed by atoms with Gasteiger partial charge in [0.2, 0.25) is 0 Å². The third-order valence-electron chi connectivity index (χ3n) is 5.98. The van der Waals surface area contributed by atoms with E-state index in [1.807, 2.05) is 0 Å². The zero-order chi connectivity index (χ0) is 19.2. The summed E-state index contributed by atoms with van der Waals surface area (Å²) in [6, 6.07) is 8.82. The highest BCUT2D eigenvalue weighted by Gasteiger charge is 2.15. The molecule has 0 N–H and O–H groups in total. The fraction of sp³-hybridized carbons (Fsp3) is 0.692. The maximum absolute atomic E-state index is 5.92. The minimum Gasteiger partial charge on any atom is -0.494 e. The van der Waals surface area contributed by atoms with Gasteiger partial charge in [-0.3, -0.25) is 0 Å². The van der Waals surface area contributed by atoms with Crippen LogP contribution < -0.4 is 4.74 Å². The van der Waals surface area contributed by atoms with Gasteiger partial charge < -0.3 is 4.74 Å². The van der Waals surface area contributed by atoms with Crippen molar-refractivity contribution in [3.8, 4) is 5.75 Å². The Balaban J connectivity index is 1.65. The van der Waals surface area contributed by atoms with Crippen LogP contribution in [0.15, 0.2) is 30.3 Å². The van der Waals surface area contributed by atoms with E-state index in [2.05, 4.69) is 44.2 Å². The number of hydrogen-bond acceptors (Lipinski definition) is 1. The molecule has 1 aromatic carbocycles. The van der Waals surface area contributed by atoms with Gasteiger partial charge in [0.05, 0.1) is 6.61 Å². The molecule has 0 aliphatic heterocycles. The van der Waals surface area contributed by atoms with Crippen LogP contribution in [0.25, 0.3) is 5.57 Å². The van der Waals surface area contributed by atoms with Gasteiger partial charge in [-0.25, -0.2) is 0 Å². The molecule has 0 saturated heterocycles. The van der Waals surface area contributed by atoms with Crippen LogP contribution in [-0.2, 0) is 0 Å². The molecule has 0 saturated carbocycles. The average Bonchev–Trinajstić information content (AvgIpc) is 2.71. The first-order valence-corrected chi connectivity index (χ1v) is 11.8. The van der Waals surface area contributed by atoms with Crippen molar-refractivity contribution in [1.82, 2.24) is 0 Å². The SMILES string of the molecule is CCCCCCCCOc1ccc(C2=CCC(CCCCCC)CC2)cc1. The van der Waals surface area contributed by atoms with E-state index in [0.717, 1.165) is 18.3 Å². The number of allylic oxidation sites excluding steroid dienone is 2. The Morgan fingerprint density at radius 3 is 2.15 bits per heavy atom. The summed E-state index contributed by atoms with van der Waals surface area (Å²) in [6.07, 6.45) is 21.3. The van der Waals surface area contributed by atoms with Crippen LogP contribution in [0.3, 0.4) is 0 Å². The quantitative estimate of drug-likeness (QED) is 0.298. The Morgan fingerprint density at radius 2 is 1.48 bits per heavy atom. The van der Waals surface area contributed by atoms with Gasteiger partial charge in [-0.05, 0) is 54.9 Å². The van der Waals surface area contributed by atoms with Crippen LogP contribution in [0, 0.1) is 5.92 Å². The summed E-state index contributed by atoms with van der Waals surface area (Å²) in [4.78, 5) is 0. The molecular formula is C26H42O. The van der Waals surface area contributed by atoms with E-state index in [1.54, 1.807) is 5.57 Å². The molecule has 0 amide bonds. The van der Waals surface area contributed by atoms with Crippen molar-refractivity contribution in [3.63, 3.8) is 0 Å². The molecule has 0 fully saturated rings. The first kappa shape index (κ1) is 22.1. The topological polar surface area (TPSA) is 9.23 Å². The van der Waals surface area contributed by atoms with Crippen molar-refractivity contribution < 1.29 is 4.74 Å². The molecule has 1 aliphatic carbocycles. The Bertz CT molecular complexity index is 514. The summed E-state index contributed by atoms with van der Waals surface area (Å²) >= 11 is 0. The summed E-state index contributed by atoms with van der Waals surface area (Å²) in [5.41, 5.74) is 2.94. The summed E-state index contributed by atoms with van der Waals surface area (Å²) in [5.74, 6) is 1.95. The van der Waals surface area contributed by atoms with Crippen LogP contribution in [0.4, 0.5) is 0 Å². The van der Waals surface area contributed by atoms with Gasteiger partial charge in [-0.15, -0.1) is 0 Å². The molecule has 1 heteroatoms. The van der Waals surface area contributed by atoms with E-state index in [1.165, 1.54) is 95.5 Å². The maximum Gasteiger partial charge on any atom is 0.119 e. The Morgan fingerprint density at radius 1 is 0.815 bits per heavy atom. The molecule has 1 unspecified atom stereocenters. The van der Waals surface area contributed by atoms with Crippen LogP contribution >= 0.6 is 0 Å². The molecule has 0 bridgehead atoms. The average molecular weight is 371 g/mol. The maximum atomic E-state index is 5.92. The lowest BCUT2D eigenvalue weighted by Crippen LogP contribution is -2.05. The lowest BCUT2D eigenvalue weighted by Gasteiger charge is -2.22. The van der Waals surface area contributed by atoms with Gasteiger partial charge in [0.15, 0.2) is 0 Å². The highest BCUT2D eigenvalue weighted by molar-refractivity contribution is 5.66. The van der Waals surface area contributed by atoms with Gasteiger partial charge >= 0.3 is 0 Å². The first-order chi connectivity index (χ1) is 13.3. The molecule has 0 heterocycles. The molecule has 152 valence electrons. The highest BCUT2D eigenvalue weighted by Crippen LogP contribution is 2.33. The van der Waals surface area contributed by atoms with E-state index in [0.29, 0.717) is 0 Å². The normalized spacial score (nSPS) is 17.0. The molecule has 1 aromatic rings. The summed E-state index contributed by atoms with van der Waals surface area (Å²) in [7, 11) is 0. The summed E-state index contributed by atoms with van der Waals surface area (Å²) in [6.45, 7) is 5.41. The van der Waals surface area contributed by atoms with E-state index in [4.69, 9.17) is 4.74 Å². The van der Waals surface area contributed by atoms with E-state index in [9.17, 15) is 0 Å². The standard InChI is InChI=1S/C26H42O/c1-3-5-7-9-10-12-22-27-26-20-18-25(19-21-26)24-16-14-23(15-17-24)13-11-8-6-4-2/h16,18-21,23H,3-15,17,22H2,1-2H3. The number of ether oxygens (including phenoxy) is 1. The van der Waals surface area contributed by atoms with Crippen molar-refractivity contribution in [2.45, 2.75) is 104 Å². The minimum absolute atomic E-state index is 0.855. The second-order valence-electron chi connectivity index (χ2n) is 8.36. The lowest BCUT2D eigenvalue weighted by atomic mass is 9.84. The van der Waals surface area contributed by atoms with Crippen LogP contribution in [0.5, 0.6) is 5.75 Å². The fourth-order valence-electron chi connectivity index (χ4n) is 4.11. The van der Waals surface area contributed by atoms with Crippen molar-refractivity contribution in [2.24, 2.45) is 5.92 Å². The predicted octanol–water partition coefficient (Wildman–Crippen LogP) is 8.58. The molecule has 1 nitrogen and oxygen atoms in total. The van der Waals surface area contributed by atoms with Gasteiger partial charge in [-0.2, -0.15) is 0 Å². The van der Waals surface area contributed by atoms with Gasteiger partial charge in [0.25, 0.3) is 0 Å². The van der Waals surface area contributed by atoms with Crippen LogP contribution in [-0.4, -0.2) is 6.61 Å². The predicted molar refractivity (Wildman–Crippen MR) is 119 cm³/mol. The second-order valence-corrected chi connectivity index (χ2v) is 8.36. The van der Waals surface area contributed by atoms with E-state index in [-0.39, 0.29) is 0 Å². The van der Waals surface area contributed by atoms with Gasteiger partial charge in [-0.1, -0.05) is 96.3 Å². The van der Waals surface area contributed by atoms with E-state index < -0.39 is 0 Å². The Kier molecular flexibility index (Phi) is 11.3. The van der Waals surface area contributed by atoms with Crippen molar-refractivity contribution in [1.29, 1.82) is 0 Å². The number of unbranched alkanes of at least 4 members (excludes halogenated alkanes) is 8. The summed E-state index contributed by atoms with van der Waals surface area (Å²) < 4.78 is 5.92. The number of rotatable bonds is 14. The van der Waals surface area contributed by atoms with Crippen molar-refractivity contribution in [2.75, 3.05) is 6.61 Å². The van der Waals surface area contributed by atoms with Crippen LogP contribution in [0.1, 0.15) is 109 Å². The molecular weight excluding hydrogens is 328 g/mol. The number of hydrogen-bond donors (Lipinski definition) is 0. The van der Waals surface area contributed by atoms with Gasteiger partial charge in [0.1, 0.15) is 5.75 Å². The molecule has 0 radical (unpaired) electrons. The van der Waals surface area contributed by atoms with Crippen molar-refractivity contribution in [3.05, 3.63) is 35.9 Å². The minimum atomic E-state index is 0.855. The Labute approximate surface area is 168 Å². The zero-order valence-corrected chi connectivity index (χ0v) is 18.0. The van der Waals surface area contributed by atoms with E-state index >= 15 is 0 Å². The zero-order valence-electron chi connectivity index (χ0n) is 18.0. The third kappa shape index (κ3) is 9.00. The third-order valence-corrected chi connectivity index (χ3v) is 5.98. The monoisotopic (exact) mass is 370 g/mol. The largest absolute Gasteiger partial charge is 0.494 e. The molecule has 0 spiro atoms. The second kappa shape index (κ2) is 13.9. The molecule has 0 aromatic heterocycles. The Hall–Kier alpha value is -1.24. The molecule has 1 aliphatic rings. The smallest absolute Gasteiger partial charge is 0.119 e. The fourth-order valence-corrected chi connectivity index (χ4v) is 4.11. The van der Waals surface area contributed by atoms with Gasteiger partial charge in [0, 0.05) is 0 Å². The molecule has 2 rings (SSSR count). The van der Waals surface area contributed by atoms with Crippen LogP contribution in [0.2, 0.25) is 0 Å². The molecule has 27 heavy (non-hydrogen) atoms. The highest BCUT2D eigenvalue weighted by atomic mass is 16.5. The molecule has 1 atom stereocenters. The summed E-state index contributed by atoms with van der Waals surface area (Å²) in [5, 5.41) is 0. The van der Waals surface area contributed by atoms with Crippen molar-refractivity contribution >= 4 is 5.57 Å². The number of benzene rings is 1. The first-order valence-electron chi connectivity index (χ1n) is 11.8. The lowest BCUT2D eigenvalue weighted by molar-refractivity contribution is 0.304.